The molecule has 1 unspecified atom stereocenters. The van der Waals surface area contributed by atoms with Gasteiger partial charge in [0.2, 0.25) is 5.91 Å². The normalized spacial score (nSPS) is 12.0. The number of carbonyl (C=O) groups excluding carboxylic acids is 2. The van der Waals surface area contributed by atoms with Crippen LogP contribution < -0.4 is 15.4 Å². The van der Waals surface area contributed by atoms with Gasteiger partial charge in [-0.1, -0.05) is 30.3 Å². The summed E-state index contributed by atoms with van der Waals surface area (Å²) in [6.07, 6.45) is 0. The molecule has 172 valence electrons. The average molecular weight is 470 g/mol. The van der Waals surface area contributed by atoms with Crippen LogP contribution in [0.4, 0.5) is 10.1 Å². The molecule has 1 atom stereocenters. The predicted octanol–water partition coefficient (Wildman–Crippen LogP) is 3.37. The van der Waals surface area contributed by atoms with Crippen molar-refractivity contribution in [2.75, 3.05) is 4.72 Å². The van der Waals surface area contributed by atoms with Crippen molar-refractivity contribution in [2.45, 2.75) is 31.3 Å². The molecule has 0 aromatic heterocycles. The van der Waals surface area contributed by atoms with Gasteiger partial charge in [0.15, 0.2) is 0 Å². The molecule has 3 aromatic carbocycles. The summed E-state index contributed by atoms with van der Waals surface area (Å²) in [6.45, 7) is 3.40. The Morgan fingerprint density at radius 2 is 1.64 bits per heavy atom. The highest BCUT2D eigenvalue weighted by Crippen LogP contribution is 2.19. The molecule has 0 fully saturated rings. The zero-order chi connectivity index (χ0) is 24.0. The van der Waals surface area contributed by atoms with Crippen LogP contribution in [0, 0.1) is 12.7 Å². The van der Waals surface area contributed by atoms with Crippen LogP contribution in [0.15, 0.2) is 77.7 Å². The zero-order valence-corrected chi connectivity index (χ0v) is 18.9. The number of carbonyl (C=O) groups is 2. The van der Waals surface area contributed by atoms with Crippen molar-refractivity contribution in [3.8, 4) is 0 Å². The Bertz CT molecular complexity index is 1250. The summed E-state index contributed by atoms with van der Waals surface area (Å²) in [5, 5.41) is 5.37. The molecule has 0 saturated heterocycles. The first-order valence-electron chi connectivity index (χ1n) is 10.2. The molecule has 2 amide bonds. The number of amides is 2. The van der Waals surface area contributed by atoms with Gasteiger partial charge in [0.1, 0.15) is 11.9 Å². The third-order valence-electron chi connectivity index (χ3n) is 4.89. The van der Waals surface area contributed by atoms with Crippen molar-refractivity contribution in [1.82, 2.24) is 10.6 Å². The zero-order valence-electron chi connectivity index (χ0n) is 18.1. The highest BCUT2D eigenvalue weighted by Gasteiger charge is 2.18. The van der Waals surface area contributed by atoms with E-state index in [1.54, 1.807) is 6.92 Å². The van der Waals surface area contributed by atoms with Crippen LogP contribution >= 0.6 is 0 Å². The molecule has 0 saturated carbocycles. The van der Waals surface area contributed by atoms with E-state index < -0.39 is 27.8 Å². The third kappa shape index (κ3) is 6.39. The van der Waals surface area contributed by atoms with E-state index in [0.29, 0.717) is 6.54 Å². The van der Waals surface area contributed by atoms with E-state index in [4.69, 9.17) is 0 Å². The Balaban J connectivity index is 1.58. The molecule has 33 heavy (non-hydrogen) atoms. The highest BCUT2D eigenvalue weighted by molar-refractivity contribution is 7.92. The summed E-state index contributed by atoms with van der Waals surface area (Å²) < 4.78 is 40.8. The van der Waals surface area contributed by atoms with Gasteiger partial charge in [-0.2, -0.15) is 0 Å². The molecule has 3 N–H and O–H groups in total. The molecular formula is C24H24FN3O4S. The van der Waals surface area contributed by atoms with Gasteiger partial charge in [-0.05, 0) is 67.4 Å². The SMILES string of the molecule is Cc1cc(S(=O)(=O)Nc2ccc(C(=O)NC(C)C(=O)NCc3ccccc3)cc2)ccc1F. The maximum absolute atomic E-state index is 13.4. The smallest absolute Gasteiger partial charge is 0.261 e. The molecule has 0 aliphatic rings. The van der Waals surface area contributed by atoms with Crippen LogP contribution in [0.5, 0.6) is 0 Å². The molecule has 0 bridgehead atoms. The Kier molecular flexibility index (Phi) is 7.44. The fourth-order valence-corrected chi connectivity index (χ4v) is 4.12. The quantitative estimate of drug-likeness (QED) is 0.471. The molecule has 9 heteroatoms. The Labute approximate surface area is 192 Å². The van der Waals surface area contributed by atoms with Gasteiger partial charge < -0.3 is 10.6 Å². The van der Waals surface area contributed by atoms with Gasteiger partial charge in [0.25, 0.3) is 15.9 Å². The summed E-state index contributed by atoms with van der Waals surface area (Å²) in [4.78, 5) is 24.6. The van der Waals surface area contributed by atoms with Gasteiger partial charge in [-0.15, -0.1) is 0 Å². The summed E-state index contributed by atoms with van der Waals surface area (Å²) in [7, 11) is -3.92. The van der Waals surface area contributed by atoms with Crippen molar-refractivity contribution in [1.29, 1.82) is 0 Å². The fraction of sp³-hybridized carbons (Fsp3) is 0.167. The minimum atomic E-state index is -3.92. The molecule has 7 nitrogen and oxygen atoms in total. The maximum atomic E-state index is 13.4. The highest BCUT2D eigenvalue weighted by atomic mass is 32.2. The topological polar surface area (TPSA) is 104 Å². The number of hydrogen-bond donors (Lipinski definition) is 3. The van der Waals surface area contributed by atoms with E-state index in [-0.39, 0.29) is 27.6 Å². The molecule has 0 aliphatic carbocycles. The molecule has 3 rings (SSSR count). The van der Waals surface area contributed by atoms with Gasteiger partial charge in [0.05, 0.1) is 4.90 Å². The first-order chi connectivity index (χ1) is 15.7. The van der Waals surface area contributed by atoms with E-state index in [2.05, 4.69) is 15.4 Å². The van der Waals surface area contributed by atoms with E-state index >= 15 is 0 Å². The number of aryl methyl sites for hydroxylation is 1. The number of nitrogens with one attached hydrogen (secondary N) is 3. The number of halogens is 1. The van der Waals surface area contributed by atoms with Gasteiger partial charge >= 0.3 is 0 Å². The monoisotopic (exact) mass is 469 g/mol. The molecular weight excluding hydrogens is 445 g/mol. The van der Waals surface area contributed by atoms with Crippen LogP contribution in [0.25, 0.3) is 0 Å². The molecule has 0 aliphatic heterocycles. The Morgan fingerprint density at radius 1 is 0.970 bits per heavy atom. The fourth-order valence-electron chi connectivity index (χ4n) is 2.97. The van der Waals surface area contributed by atoms with E-state index in [9.17, 15) is 22.4 Å². The number of benzene rings is 3. The van der Waals surface area contributed by atoms with Gasteiger partial charge in [-0.3, -0.25) is 14.3 Å². The van der Waals surface area contributed by atoms with Gasteiger partial charge in [0, 0.05) is 17.8 Å². The second-order valence-corrected chi connectivity index (χ2v) is 9.17. The summed E-state index contributed by atoms with van der Waals surface area (Å²) >= 11 is 0. The van der Waals surface area contributed by atoms with Crippen LogP contribution in [-0.4, -0.2) is 26.3 Å². The number of hydrogen-bond acceptors (Lipinski definition) is 4. The minimum absolute atomic E-state index is 0.0708. The maximum Gasteiger partial charge on any atom is 0.261 e. The van der Waals surface area contributed by atoms with Crippen LogP contribution in [-0.2, 0) is 21.4 Å². The van der Waals surface area contributed by atoms with Crippen molar-refractivity contribution < 1.29 is 22.4 Å². The first kappa shape index (κ1) is 23.9. The average Bonchev–Trinajstić information content (AvgIpc) is 2.80. The molecule has 0 heterocycles. The lowest BCUT2D eigenvalue weighted by Gasteiger charge is -2.14. The Morgan fingerprint density at radius 3 is 2.27 bits per heavy atom. The van der Waals surface area contributed by atoms with Crippen molar-refractivity contribution in [3.63, 3.8) is 0 Å². The lowest BCUT2D eigenvalue weighted by Crippen LogP contribution is -2.44. The largest absolute Gasteiger partial charge is 0.350 e. The number of rotatable bonds is 8. The van der Waals surface area contributed by atoms with Crippen LogP contribution in [0.1, 0.15) is 28.4 Å². The molecule has 3 aromatic rings. The van der Waals surface area contributed by atoms with Crippen molar-refractivity contribution in [3.05, 3.63) is 95.3 Å². The lowest BCUT2D eigenvalue weighted by atomic mass is 10.1. The number of anilines is 1. The predicted molar refractivity (Wildman–Crippen MR) is 124 cm³/mol. The lowest BCUT2D eigenvalue weighted by molar-refractivity contribution is -0.122. The van der Waals surface area contributed by atoms with E-state index in [1.165, 1.54) is 43.3 Å². The second kappa shape index (κ2) is 10.3. The second-order valence-electron chi connectivity index (χ2n) is 7.49. The van der Waals surface area contributed by atoms with E-state index in [1.807, 2.05) is 30.3 Å². The Hall–Kier alpha value is -3.72. The molecule has 0 spiro atoms. The van der Waals surface area contributed by atoms with Crippen LogP contribution in [0.2, 0.25) is 0 Å². The summed E-state index contributed by atoms with van der Waals surface area (Å²) in [5.41, 5.74) is 1.66. The number of sulfonamides is 1. The first-order valence-corrected chi connectivity index (χ1v) is 11.7. The molecule has 0 radical (unpaired) electrons. The summed E-state index contributed by atoms with van der Waals surface area (Å²) in [5.74, 6) is -1.29. The van der Waals surface area contributed by atoms with Crippen molar-refractivity contribution >= 4 is 27.5 Å². The minimum Gasteiger partial charge on any atom is -0.350 e. The standard InChI is InChI=1S/C24H24FN3O4S/c1-16-14-21(12-13-22(16)25)33(31,32)28-20-10-8-19(9-11-20)24(30)27-17(2)23(29)26-15-18-6-4-3-5-7-18/h3-14,17,28H,15H2,1-2H3,(H,26,29)(H,27,30). The van der Waals surface area contributed by atoms with Gasteiger partial charge in [-0.25, -0.2) is 12.8 Å². The van der Waals surface area contributed by atoms with E-state index in [0.717, 1.165) is 11.6 Å². The van der Waals surface area contributed by atoms with Crippen molar-refractivity contribution in [2.24, 2.45) is 0 Å². The third-order valence-corrected chi connectivity index (χ3v) is 6.27. The van der Waals surface area contributed by atoms with Crippen LogP contribution in [0.3, 0.4) is 0 Å². The summed E-state index contributed by atoms with van der Waals surface area (Å²) in [6, 6.07) is 17.9.